The summed E-state index contributed by atoms with van der Waals surface area (Å²) in [7, 11) is 3.47. The molecule has 0 spiro atoms. The fourth-order valence-corrected chi connectivity index (χ4v) is 3.39. The summed E-state index contributed by atoms with van der Waals surface area (Å²) in [5, 5.41) is 14.4. The van der Waals surface area contributed by atoms with Crippen molar-refractivity contribution in [2.45, 2.75) is 0 Å². The molecule has 0 bridgehead atoms. The zero-order valence-electron chi connectivity index (χ0n) is 16.1. The Morgan fingerprint density at radius 1 is 1.14 bits per heavy atom. The van der Waals surface area contributed by atoms with Gasteiger partial charge in [0.25, 0.3) is 0 Å². The maximum atomic E-state index is 9.63. The lowest BCUT2D eigenvalue weighted by Gasteiger charge is -2.25. The number of aryl methyl sites for hydroxylation is 1. The summed E-state index contributed by atoms with van der Waals surface area (Å²) in [5.41, 5.74) is 4.76. The number of anilines is 2. The van der Waals surface area contributed by atoms with Gasteiger partial charge in [-0.1, -0.05) is 11.6 Å². The molecule has 0 saturated heterocycles. The van der Waals surface area contributed by atoms with Crippen LogP contribution in [0.5, 0.6) is 5.75 Å². The Morgan fingerprint density at radius 3 is 2.72 bits per heavy atom. The molecule has 148 valence electrons. The number of rotatable bonds is 6. The minimum Gasteiger partial charge on any atom is -0.497 e. The van der Waals surface area contributed by atoms with Gasteiger partial charge in [0.1, 0.15) is 5.75 Å². The number of aliphatic hydroxyl groups excluding tert-OH is 1. The molecule has 0 saturated carbocycles. The number of aliphatic hydroxyl groups is 1. The first-order chi connectivity index (χ1) is 14.1. The Morgan fingerprint density at radius 2 is 2.00 bits per heavy atom. The molecule has 29 heavy (non-hydrogen) atoms. The highest BCUT2D eigenvalue weighted by Crippen LogP contribution is 2.35. The van der Waals surface area contributed by atoms with E-state index in [0.29, 0.717) is 17.3 Å². The van der Waals surface area contributed by atoms with E-state index in [-0.39, 0.29) is 6.61 Å². The summed E-state index contributed by atoms with van der Waals surface area (Å²) < 4.78 is 7.06. The molecule has 0 aliphatic rings. The molecule has 4 aromatic rings. The largest absolute Gasteiger partial charge is 0.497 e. The van der Waals surface area contributed by atoms with Crippen LogP contribution in [-0.4, -0.2) is 45.1 Å². The number of hydrogen-bond acceptors (Lipinski definition) is 6. The Kier molecular flexibility index (Phi) is 5.33. The van der Waals surface area contributed by atoms with Gasteiger partial charge in [0.15, 0.2) is 0 Å². The van der Waals surface area contributed by atoms with Crippen LogP contribution in [0.2, 0.25) is 5.02 Å². The van der Waals surface area contributed by atoms with Crippen LogP contribution < -0.4 is 9.64 Å². The quantitative estimate of drug-likeness (QED) is 0.521. The molecule has 2 heterocycles. The van der Waals surface area contributed by atoms with Crippen molar-refractivity contribution in [3.63, 3.8) is 0 Å². The lowest BCUT2D eigenvalue weighted by atomic mass is 10.2. The Labute approximate surface area is 173 Å². The molecular formula is C21H20ClN5O2. The fraction of sp³-hybridized carbons (Fsp3) is 0.190. The summed E-state index contributed by atoms with van der Waals surface area (Å²) >= 11 is 6.44. The van der Waals surface area contributed by atoms with Gasteiger partial charge in [-0.25, -0.2) is 4.98 Å². The molecular weight excluding hydrogens is 390 g/mol. The van der Waals surface area contributed by atoms with Crippen molar-refractivity contribution < 1.29 is 9.84 Å². The van der Waals surface area contributed by atoms with Crippen LogP contribution >= 0.6 is 11.6 Å². The standard InChI is InChI=1S/C21H20ClN5O2/c1-26-13-14(11-24-26)20-12-23-18-6-3-15(9-19(18)25-20)27(7-8-28)21-10-16(29-2)4-5-17(21)22/h3-6,9-13,28H,7-8H2,1-2H3. The fourth-order valence-electron chi connectivity index (χ4n) is 3.18. The van der Waals surface area contributed by atoms with Crippen molar-refractivity contribution in [1.29, 1.82) is 0 Å². The number of hydrogen-bond donors (Lipinski definition) is 1. The molecule has 2 aromatic carbocycles. The zero-order valence-corrected chi connectivity index (χ0v) is 16.8. The van der Waals surface area contributed by atoms with E-state index in [2.05, 4.69) is 10.1 Å². The van der Waals surface area contributed by atoms with Crippen molar-refractivity contribution in [3.8, 4) is 17.0 Å². The maximum absolute atomic E-state index is 9.63. The second kappa shape index (κ2) is 8.06. The molecule has 0 aliphatic heterocycles. The van der Waals surface area contributed by atoms with E-state index in [1.165, 1.54) is 0 Å². The average molecular weight is 410 g/mol. The molecule has 0 unspecified atom stereocenters. The highest BCUT2D eigenvalue weighted by Gasteiger charge is 2.15. The molecule has 0 radical (unpaired) electrons. The summed E-state index contributed by atoms with van der Waals surface area (Å²) in [6.45, 7) is 0.334. The summed E-state index contributed by atoms with van der Waals surface area (Å²) in [6, 6.07) is 11.2. The van der Waals surface area contributed by atoms with Crippen molar-refractivity contribution in [2.24, 2.45) is 7.05 Å². The first-order valence-corrected chi connectivity index (χ1v) is 9.44. The Balaban J connectivity index is 1.80. The van der Waals surface area contributed by atoms with E-state index in [1.54, 1.807) is 36.3 Å². The Hall–Kier alpha value is -3.16. The smallest absolute Gasteiger partial charge is 0.121 e. The van der Waals surface area contributed by atoms with Gasteiger partial charge in [-0.3, -0.25) is 9.67 Å². The van der Waals surface area contributed by atoms with Gasteiger partial charge < -0.3 is 14.7 Å². The number of aromatic nitrogens is 4. The Bertz CT molecular complexity index is 1160. The van der Waals surface area contributed by atoms with E-state index in [0.717, 1.165) is 33.7 Å². The monoisotopic (exact) mass is 409 g/mol. The molecule has 2 aromatic heterocycles. The number of halogens is 1. The number of benzene rings is 2. The van der Waals surface area contributed by atoms with Crippen LogP contribution in [-0.2, 0) is 7.05 Å². The van der Waals surface area contributed by atoms with Crippen LogP contribution in [0.3, 0.4) is 0 Å². The third-order valence-electron chi connectivity index (χ3n) is 4.61. The van der Waals surface area contributed by atoms with Gasteiger partial charge in [0.2, 0.25) is 0 Å². The number of nitrogens with zero attached hydrogens (tertiary/aromatic N) is 5. The van der Waals surface area contributed by atoms with Crippen LogP contribution in [0.15, 0.2) is 55.0 Å². The maximum Gasteiger partial charge on any atom is 0.121 e. The predicted molar refractivity (Wildman–Crippen MR) is 114 cm³/mol. The molecule has 7 nitrogen and oxygen atoms in total. The van der Waals surface area contributed by atoms with Crippen LogP contribution in [0.25, 0.3) is 22.3 Å². The van der Waals surface area contributed by atoms with E-state index < -0.39 is 0 Å². The SMILES string of the molecule is COc1ccc(Cl)c(N(CCO)c2ccc3ncc(-c4cnn(C)c4)nc3c2)c1. The molecule has 8 heteroatoms. The first kappa shape index (κ1) is 19.2. The van der Waals surface area contributed by atoms with E-state index in [1.807, 2.05) is 42.4 Å². The van der Waals surface area contributed by atoms with Crippen LogP contribution in [0.4, 0.5) is 11.4 Å². The third-order valence-corrected chi connectivity index (χ3v) is 4.93. The van der Waals surface area contributed by atoms with Crippen molar-refractivity contribution >= 4 is 34.0 Å². The molecule has 1 N–H and O–H groups in total. The second-order valence-corrected chi connectivity index (χ2v) is 6.93. The normalized spacial score (nSPS) is 11.0. The lowest BCUT2D eigenvalue weighted by molar-refractivity contribution is 0.305. The number of methoxy groups -OCH3 is 1. The topological polar surface area (TPSA) is 76.3 Å². The number of ether oxygens (including phenoxy) is 1. The molecule has 0 atom stereocenters. The summed E-state index contributed by atoms with van der Waals surface area (Å²) in [4.78, 5) is 11.2. The number of fused-ring (bicyclic) bond motifs is 1. The van der Waals surface area contributed by atoms with E-state index in [4.69, 9.17) is 21.3 Å². The zero-order chi connectivity index (χ0) is 20.4. The van der Waals surface area contributed by atoms with Crippen LogP contribution in [0, 0.1) is 0 Å². The third kappa shape index (κ3) is 3.87. The van der Waals surface area contributed by atoms with Crippen LogP contribution in [0.1, 0.15) is 0 Å². The first-order valence-electron chi connectivity index (χ1n) is 9.07. The van der Waals surface area contributed by atoms with E-state index in [9.17, 15) is 5.11 Å². The van der Waals surface area contributed by atoms with Gasteiger partial charge >= 0.3 is 0 Å². The van der Waals surface area contributed by atoms with E-state index >= 15 is 0 Å². The summed E-state index contributed by atoms with van der Waals surface area (Å²) in [5.74, 6) is 0.687. The van der Waals surface area contributed by atoms with Gasteiger partial charge in [-0.05, 0) is 30.3 Å². The van der Waals surface area contributed by atoms with Gasteiger partial charge in [-0.15, -0.1) is 0 Å². The lowest BCUT2D eigenvalue weighted by Crippen LogP contribution is -2.21. The molecule has 0 aliphatic carbocycles. The van der Waals surface area contributed by atoms with Crippen molar-refractivity contribution in [2.75, 3.05) is 25.2 Å². The summed E-state index contributed by atoms with van der Waals surface area (Å²) in [6.07, 6.45) is 5.39. The van der Waals surface area contributed by atoms with Crippen molar-refractivity contribution in [3.05, 3.63) is 60.0 Å². The minimum absolute atomic E-state index is 0.0347. The second-order valence-electron chi connectivity index (χ2n) is 6.52. The molecule has 4 rings (SSSR count). The van der Waals surface area contributed by atoms with Gasteiger partial charge in [0, 0.05) is 37.1 Å². The average Bonchev–Trinajstić information content (AvgIpc) is 3.18. The minimum atomic E-state index is -0.0347. The van der Waals surface area contributed by atoms with Gasteiger partial charge in [0.05, 0.1) is 53.5 Å². The van der Waals surface area contributed by atoms with Crippen molar-refractivity contribution in [1.82, 2.24) is 19.7 Å². The highest BCUT2D eigenvalue weighted by molar-refractivity contribution is 6.33. The van der Waals surface area contributed by atoms with Gasteiger partial charge in [-0.2, -0.15) is 5.10 Å². The molecule has 0 fully saturated rings. The molecule has 0 amide bonds. The predicted octanol–water partition coefficient (Wildman–Crippen LogP) is 3.82. The highest BCUT2D eigenvalue weighted by atomic mass is 35.5.